The Bertz CT molecular complexity index is 390. The molecule has 1 heterocycles. The van der Waals surface area contributed by atoms with Crippen LogP contribution in [0, 0.1) is 40.9 Å². The molecule has 4 aliphatic carbocycles. The van der Waals surface area contributed by atoms with Crippen LogP contribution in [0.2, 0.25) is 0 Å². The van der Waals surface area contributed by atoms with Gasteiger partial charge in [0.25, 0.3) is 0 Å². The predicted octanol–water partition coefficient (Wildman–Crippen LogP) is 3.83. The van der Waals surface area contributed by atoms with Gasteiger partial charge >= 0.3 is 0 Å². The van der Waals surface area contributed by atoms with Gasteiger partial charge in [-0.15, -0.1) is 0 Å². The summed E-state index contributed by atoms with van der Waals surface area (Å²) in [7, 11) is 0. The molecule has 0 aromatic rings. The summed E-state index contributed by atoms with van der Waals surface area (Å²) in [5.41, 5.74) is -0.178. The quantitative estimate of drug-likeness (QED) is 0.764. The molecule has 1 atom stereocenters. The van der Waals surface area contributed by atoms with Crippen molar-refractivity contribution in [2.24, 2.45) is 29.6 Å². The van der Waals surface area contributed by atoms with Crippen LogP contribution in [0.3, 0.4) is 0 Å². The van der Waals surface area contributed by atoms with Crippen molar-refractivity contribution in [3.63, 3.8) is 0 Å². The zero-order valence-electron chi connectivity index (χ0n) is 12.9. The van der Waals surface area contributed by atoms with Gasteiger partial charge in [0.2, 0.25) is 0 Å². The van der Waals surface area contributed by atoms with Crippen LogP contribution in [0.15, 0.2) is 0 Å². The summed E-state index contributed by atoms with van der Waals surface area (Å²) in [6.45, 7) is 4.60. The molecule has 1 unspecified atom stereocenters. The maximum absolute atomic E-state index is 10.0. The van der Waals surface area contributed by atoms with E-state index in [9.17, 15) is 5.26 Å². The summed E-state index contributed by atoms with van der Waals surface area (Å²) in [4.78, 5) is 2.56. The second-order valence-corrected chi connectivity index (χ2v) is 8.26. The third-order valence-electron chi connectivity index (χ3n) is 7.12. The van der Waals surface area contributed by atoms with Gasteiger partial charge in [0.1, 0.15) is 5.54 Å². The van der Waals surface area contributed by atoms with Crippen LogP contribution in [0.4, 0.5) is 0 Å². The van der Waals surface area contributed by atoms with E-state index in [1.807, 2.05) is 0 Å². The normalized spacial score (nSPS) is 46.9. The van der Waals surface area contributed by atoms with Gasteiger partial charge in [0.15, 0.2) is 0 Å². The molecule has 0 aromatic heterocycles. The highest BCUT2D eigenvalue weighted by Crippen LogP contribution is 2.59. The van der Waals surface area contributed by atoms with Crippen molar-refractivity contribution in [3.05, 3.63) is 0 Å². The van der Waals surface area contributed by atoms with E-state index in [4.69, 9.17) is 0 Å². The Morgan fingerprint density at radius 1 is 0.900 bits per heavy atom. The van der Waals surface area contributed by atoms with E-state index in [0.717, 1.165) is 36.8 Å². The fourth-order valence-corrected chi connectivity index (χ4v) is 6.56. The number of hydrogen-bond acceptors (Lipinski definition) is 2. The van der Waals surface area contributed by atoms with Gasteiger partial charge in [-0.1, -0.05) is 6.42 Å². The van der Waals surface area contributed by atoms with E-state index in [-0.39, 0.29) is 5.54 Å². The second kappa shape index (κ2) is 4.73. The fourth-order valence-electron chi connectivity index (χ4n) is 6.56. The first-order valence-corrected chi connectivity index (χ1v) is 8.87. The van der Waals surface area contributed by atoms with Crippen molar-refractivity contribution in [1.29, 1.82) is 5.26 Å². The number of nitriles is 1. The van der Waals surface area contributed by atoms with Crippen LogP contribution >= 0.6 is 0 Å². The number of hydrogen-bond donors (Lipinski definition) is 0. The molecule has 2 heteroatoms. The molecule has 2 nitrogen and oxygen atoms in total. The molecule has 1 aliphatic heterocycles. The SMILES string of the molecule is CC(C#N)(C1C2CC3CC(C2)CC1C3)N1CCCCC1. The molecule has 110 valence electrons. The Labute approximate surface area is 123 Å². The van der Waals surface area contributed by atoms with Gasteiger partial charge in [0, 0.05) is 0 Å². The second-order valence-electron chi connectivity index (χ2n) is 8.26. The molecule has 5 aliphatic rings. The van der Waals surface area contributed by atoms with E-state index < -0.39 is 0 Å². The van der Waals surface area contributed by atoms with Gasteiger partial charge < -0.3 is 0 Å². The molecule has 5 fully saturated rings. The summed E-state index contributed by atoms with van der Waals surface area (Å²) in [5, 5.41) is 10.0. The minimum atomic E-state index is -0.178. The summed E-state index contributed by atoms with van der Waals surface area (Å²) in [5.74, 6) is 4.41. The summed E-state index contributed by atoms with van der Waals surface area (Å²) < 4.78 is 0. The lowest BCUT2D eigenvalue weighted by Gasteiger charge is -2.59. The molecule has 0 spiro atoms. The molecule has 4 bridgehead atoms. The monoisotopic (exact) mass is 272 g/mol. The molecule has 0 aromatic carbocycles. The van der Waals surface area contributed by atoms with Gasteiger partial charge in [0.05, 0.1) is 6.07 Å². The molecular weight excluding hydrogens is 244 g/mol. The summed E-state index contributed by atoms with van der Waals surface area (Å²) in [6.07, 6.45) is 11.2. The number of rotatable bonds is 2. The van der Waals surface area contributed by atoms with Crippen molar-refractivity contribution >= 4 is 0 Å². The minimum Gasteiger partial charge on any atom is -0.286 e. The van der Waals surface area contributed by atoms with Gasteiger partial charge in [-0.2, -0.15) is 5.26 Å². The first kappa shape index (κ1) is 13.1. The van der Waals surface area contributed by atoms with Crippen LogP contribution in [-0.4, -0.2) is 23.5 Å². The maximum atomic E-state index is 10.0. The van der Waals surface area contributed by atoms with Crippen molar-refractivity contribution in [2.45, 2.75) is 63.8 Å². The Morgan fingerprint density at radius 3 is 1.95 bits per heavy atom. The van der Waals surface area contributed by atoms with Crippen molar-refractivity contribution in [2.75, 3.05) is 13.1 Å². The predicted molar refractivity (Wildman–Crippen MR) is 80.0 cm³/mol. The van der Waals surface area contributed by atoms with Crippen LogP contribution in [0.1, 0.15) is 58.3 Å². The highest BCUT2D eigenvalue weighted by atomic mass is 15.2. The lowest BCUT2D eigenvalue weighted by atomic mass is 9.48. The maximum Gasteiger partial charge on any atom is 0.109 e. The average Bonchev–Trinajstić information content (AvgIpc) is 2.46. The molecule has 0 radical (unpaired) electrons. The Hall–Kier alpha value is -0.550. The third kappa shape index (κ3) is 1.86. The summed E-state index contributed by atoms with van der Waals surface area (Å²) >= 11 is 0. The lowest BCUT2D eigenvalue weighted by Crippen LogP contribution is -2.61. The Balaban J connectivity index is 1.62. The first-order valence-electron chi connectivity index (χ1n) is 8.87. The molecule has 0 N–H and O–H groups in total. The summed E-state index contributed by atoms with van der Waals surface area (Å²) in [6, 6.07) is 2.80. The van der Waals surface area contributed by atoms with Crippen LogP contribution in [-0.2, 0) is 0 Å². The third-order valence-corrected chi connectivity index (χ3v) is 7.12. The molecule has 5 rings (SSSR count). The zero-order valence-corrected chi connectivity index (χ0v) is 12.9. The topological polar surface area (TPSA) is 27.0 Å². The minimum absolute atomic E-state index is 0.178. The van der Waals surface area contributed by atoms with Gasteiger partial charge in [-0.05, 0) is 94.5 Å². The highest BCUT2D eigenvalue weighted by Gasteiger charge is 2.56. The molecule has 0 amide bonds. The standard InChI is InChI=1S/C18H28N2/c1-18(12-19,20-5-3-2-4-6-20)17-15-8-13-7-14(10-15)11-16(17)9-13/h13-17H,2-11H2,1H3. The first-order chi connectivity index (χ1) is 9.70. The number of likely N-dealkylation sites (tertiary alicyclic amines) is 1. The molecule has 20 heavy (non-hydrogen) atoms. The average molecular weight is 272 g/mol. The van der Waals surface area contributed by atoms with Crippen LogP contribution < -0.4 is 0 Å². The van der Waals surface area contributed by atoms with Crippen molar-refractivity contribution < 1.29 is 0 Å². The van der Waals surface area contributed by atoms with Crippen molar-refractivity contribution in [1.82, 2.24) is 4.90 Å². The zero-order chi connectivity index (χ0) is 13.7. The molecule has 1 saturated heterocycles. The van der Waals surface area contributed by atoms with Gasteiger partial charge in [-0.3, -0.25) is 4.90 Å². The van der Waals surface area contributed by atoms with Gasteiger partial charge in [-0.25, -0.2) is 0 Å². The fraction of sp³-hybridized carbons (Fsp3) is 0.944. The van der Waals surface area contributed by atoms with E-state index in [1.165, 1.54) is 51.4 Å². The largest absolute Gasteiger partial charge is 0.286 e. The smallest absolute Gasteiger partial charge is 0.109 e. The lowest BCUT2D eigenvalue weighted by molar-refractivity contribution is -0.0942. The molecular formula is C18H28N2. The Morgan fingerprint density at radius 2 is 1.45 bits per heavy atom. The van der Waals surface area contributed by atoms with E-state index in [2.05, 4.69) is 17.9 Å². The molecule has 4 saturated carbocycles. The van der Waals surface area contributed by atoms with E-state index in [1.54, 1.807) is 0 Å². The number of nitrogens with zero attached hydrogens (tertiary/aromatic N) is 2. The Kier molecular flexibility index (Phi) is 3.11. The van der Waals surface area contributed by atoms with E-state index in [0.29, 0.717) is 5.92 Å². The van der Waals surface area contributed by atoms with Crippen LogP contribution in [0.25, 0.3) is 0 Å². The van der Waals surface area contributed by atoms with Crippen LogP contribution in [0.5, 0.6) is 0 Å². The highest BCUT2D eigenvalue weighted by molar-refractivity contribution is 5.16. The number of piperidine rings is 1. The van der Waals surface area contributed by atoms with Crippen molar-refractivity contribution in [3.8, 4) is 6.07 Å². The van der Waals surface area contributed by atoms with E-state index >= 15 is 0 Å².